The van der Waals surface area contributed by atoms with Gasteiger partial charge in [0.1, 0.15) is 0 Å². The average Bonchev–Trinajstić information content (AvgIpc) is 3.25. The van der Waals surface area contributed by atoms with E-state index in [1.54, 1.807) is 11.3 Å². The number of thiocarbonyl (C=S) groups is 1. The van der Waals surface area contributed by atoms with Crippen LogP contribution in [0.3, 0.4) is 0 Å². The maximum atomic E-state index is 5.77. The normalized spacial score (nSPS) is 19.6. The zero-order valence-corrected chi connectivity index (χ0v) is 17.3. The number of benzene rings is 1. The molecular formula is C22H23N3S2. The van der Waals surface area contributed by atoms with Crippen molar-refractivity contribution in [3.05, 3.63) is 81.8 Å². The standard InChI is InChI=1S/C22H23N3S2/c1-14(2)16-7-9-17(10-8-16)25-20(21-15(3)11-13-27-21)19(24-22(25)26)18-6-4-5-12-23-18/h4-14,19-20H,1-3H3,(H,24,26). The molecular weight excluding hydrogens is 370 g/mol. The van der Waals surface area contributed by atoms with Crippen LogP contribution < -0.4 is 10.2 Å². The average molecular weight is 394 g/mol. The highest BCUT2D eigenvalue weighted by Crippen LogP contribution is 2.44. The number of hydrogen-bond donors (Lipinski definition) is 1. The molecule has 1 N–H and O–H groups in total. The molecule has 0 spiro atoms. The lowest BCUT2D eigenvalue weighted by Crippen LogP contribution is -2.29. The summed E-state index contributed by atoms with van der Waals surface area (Å²) in [7, 11) is 0. The lowest BCUT2D eigenvalue weighted by Gasteiger charge is -2.28. The first-order valence-corrected chi connectivity index (χ1v) is 10.5. The van der Waals surface area contributed by atoms with Crippen molar-refractivity contribution in [1.82, 2.24) is 10.3 Å². The zero-order valence-electron chi connectivity index (χ0n) is 15.7. The Morgan fingerprint density at radius 3 is 2.48 bits per heavy atom. The molecule has 1 fully saturated rings. The summed E-state index contributed by atoms with van der Waals surface area (Å²) < 4.78 is 0. The van der Waals surface area contributed by atoms with E-state index in [1.807, 2.05) is 18.3 Å². The molecule has 0 saturated carbocycles. The van der Waals surface area contributed by atoms with E-state index in [2.05, 4.69) is 77.8 Å². The van der Waals surface area contributed by atoms with Gasteiger partial charge in [0.15, 0.2) is 5.11 Å². The van der Waals surface area contributed by atoms with Gasteiger partial charge in [-0.3, -0.25) is 4.98 Å². The molecule has 0 radical (unpaired) electrons. The van der Waals surface area contributed by atoms with Crippen molar-refractivity contribution >= 4 is 34.4 Å². The third-order valence-electron chi connectivity index (χ3n) is 5.11. The Morgan fingerprint density at radius 1 is 1.11 bits per heavy atom. The summed E-state index contributed by atoms with van der Waals surface area (Å²) in [4.78, 5) is 8.18. The summed E-state index contributed by atoms with van der Waals surface area (Å²) >= 11 is 7.55. The molecule has 1 aromatic carbocycles. The smallest absolute Gasteiger partial charge is 0.174 e. The number of anilines is 1. The Hall–Kier alpha value is -2.24. The lowest BCUT2D eigenvalue weighted by atomic mass is 9.99. The van der Waals surface area contributed by atoms with Crippen LogP contribution in [0.15, 0.2) is 60.1 Å². The summed E-state index contributed by atoms with van der Waals surface area (Å²) in [6.45, 7) is 6.60. The van der Waals surface area contributed by atoms with Crippen LogP contribution in [0.5, 0.6) is 0 Å². The molecule has 1 aliphatic rings. The van der Waals surface area contributed by atoms with Crippen molar-refractivity contribution in [2.75, 3.05) is 4.90 Å². The second-order valence-electron chi connectivity index (χ2n) is 7.21. The molecule has 2 atom stereocenters. The number of nitrogens with zero attached hydrogens (tertiary/aromatic N) is 2. The van der Waals surface area contributed by atoms with Gasteiger partial charge in [-0.2, -0.15) is 0 Å². The largest absolute Gasteiger partial charge is 0.351 e. The third kappa shape index (κ3) is 3.37. The van der Waals surface area contributed by atoms with Gasteiger partial charge in [-0.05, 0) is 71.9 Å². The minimum Gasteiger partial charge on any atom is -0.351 e. The van der Waals surface area contributed by atoms with Gasteiger partial charge < -0.3 is 10.2 Å². The van der Waals surface area contributed by atoms with Gasteiger partial charge in [0.2, 0.25) is 0 Å². The fraction of sp³-hybridized carbons (Fsp3) is 0.273. The molecule has 1 aliphatic heterocycles. The van der Waals surface area contributed by atoms with Crippen molar-refractivity contribution < 1.29 is 0 Å². The Labute approximate surface area is 170 Å². The van der Waals surface area contributed by atoms with Crippen molar-refractivity contribution in [3.8, 4) is 0 Å². The minimum absolute atomic E-state index is 0.0285. The number of thiophene rings is 1. The zero-order chi connectivity index (χ0) is 19.0. The monoisotopic (exact) mass is 393 g/mol. The first-order valence-electron chi connectivity index (χ1n) is 9.21. The fourth-order valence-corrected chi connectivity index (χ4v) is 5.01. The molecule has 3 nitrogen and oxygen atoms in total. The molecule has 1 saturated heterocycles. The highest BCUT2D eigenvalue weighted by molar-refractivity contribution is 7.80. The van der Waals surface area contributed by atoms with Crippen molar-refractivity contribution in [1.29, 1.82) is 0 Å². The highest BCUT2D eigenvalue weighted by Gasteiger charge is 2.41. The van der Waals surface area contributed by atoms with Crippen LogP contribution in [0, 0.1) is 6.92 Å². The van der Waals surface area contributed by atoms with Gasteiger partial charge in [0.25, 0.3) is 0 Å². The van der Waals surface area contributed by atoms with E-state index in [-0.39, 0.29) is 12.1 Å². The predicted octanol–water partition coefficient (Wildman–Crippen LogP) is 5.75. The van der Waals surface area contributed by atoms with Crippen molar-refractivity contribution in [2.24, 2.45) is 0 Å². The van der Waals surface area contributed by atoms with E-state index < -0.39 is 0 Å². The summed E-state index contributed by atoms with van der Waals surface area (Å²) in [5, 5.41) is 6.43. The van der Waals surface area contributed by atoms with Crippen molar-refractivity contribution in [2.45, 2.75) is 38.8 Å². The van der Waals surface area contributed by atoms with Gasteiger partial charge in [-0.25, -0.2) is 0 Å². The van der Waals surface area contributed by atoms with Gasteiger partial charge in [-0.15, -0.1) is 11.3 Å². The van der Waals surface area contributed by atoms with Crippen LogP contribution in [0.4, 0.5) is 5.69 Å². The Bertz CT molecular complexity index is 932. The molecule has 27 heavy (non-hydrogen) atoms. The van der Waals surface area contributed by atoms with E-state index in [0.29, 0.717) is 5.92 Å². The summed E-state index contributed by atoms with van der Waals surface area (Å²) in [6.07, 6.45) is 1.85. The molecule has 4 rings (SSSR count). The number of nitrogens with one attached hydrogen (secondary N) is 1. The number of rotatable bonds is 4. The highest BCUT2D eigenvalue weighted by atomic mass is 32.1. The van der Waals surface area contributed by atoms with E-state index >= 15 is 0 Å². The second kappa shape index (κ2) is 7.41. The molecule has 3 aromatic rings. The van der Waals surface area contributed by atoms with Gasteiger partial charge in [0, 0.05) is 16.8 Å². The maximum absolute atomic E-state index is 5.77. The van der Waals surface area contributed by atoms with E-state index in [4.69, 9.17) is 12.2 Å². The SMILES string of the molecule is Cc1ccsc1C1C(c2ccccn2)NC(=S)N1c1ccc(C(C)C)cc1. The van der Waals surface area contributed by atoms with Gasteiger partial charge in [0.05, 0.1) is 17.8 Å². The molecule has 5 heteroatoms. The Kier molecular flexibility index (Phi) is 4.98. The third-order valence-corrected chi connectivity index (χ3v) is 6.51. The molecule has 138 valence electrons. The summed E-state index contributed by atoms with van der Waals surface area (Å²) in [6, 6.07) is 17.1. The molecule has 2 aromatic heterocycles. The van der Waals surface area contributed by atoms with Crippen LogP contribution in [0.25, 0.3) is 0 Å². The lowest BCUT2D eigenvalue weighted by molar-refractivity contribution is 0.573. The van der Waals surface area contributed by atoms with Crippen LogP contribution in [-0.4, -0.2) is 10.1 Å². The summed E-state index contributed by atoms with van der Waals surface area (Å²) in [5.41, 5.74) is 4.76. The van der Waals surface area contributed by atoms with E-state index in [1.165, 1.54) is 16.0 Å². The van der Waals surface area contributed by atoms with Crippen LogP contribution in [-0.2, 0) is 0 Å². The number of aromatic nitrogens is 1. The first-order chi connectivity index (χ1) is 13.1. The first kappa shape index (κ1) is 18.1. The second-order valence-corrected chi connectivity index (χ2v) is 8.55. The molecule has 2 unspecified atom stereocenters. The van der Waals surface area contributed by atoms with E-state index in [9.17, 15) is 0 Å². The quantitative estimate of drug-likeness (QED) is 0.571. The predicted molar refractivity (Wildman–Crippen MR) is 118 cm³/mol. The van der Waals surface area contributed by atoms with Crippen LogP contribution in [0.2, 0.25) is 0 Å². The number of hydrogen-bond acceptors (Lipinski definition) is 3. The van der Waals surface area contributed by atoms with Gasteiger partial charge >= 0.3 is 0 Å². The molecule has 3 heterocycles. The minimum atomic E-state index is 0.0285. The van der Waals surface area contributed by atoms with Gasteiger partial charge in [-0.1, -0.05) is 32.0 Å². The summed E-state index contributed by atoms with van der Waals surface area (Å²) in [5.74, 6) is 0.513. The fourth-order valence-electron chi connectivity index (χ4n) is 3.61. The topological polar surface area (TPSA) is 28.2 Å². The van der Waals surface area contributed by atoms with Crippen LogP contribution in [0.1, 0.15) is 53.5 Å². The molecule has 0 amide bonds. The number of aryl methyl sites for hydroxylation is 1. The Balaban J connectivity index is 1.79. The Morgan fingerprint density at radius 2 is 1.89 bits per heavy atom. The van der Waals surface area contributed by atoms with E-state index in [0.717, 1.165) is 16.5 Å². The van der Waals surface area contributed by atoms with Crippen molar-refractivity contribution in [3.63, 3.8) is 0 Å². The maximum Gasteiger partial charge on any atom is 0.174 e. The number of pyridine rings is 1. The molecule has 0 aliphatic carbocycles. The molecule has 0 bridgehead atoms. The van der Waals surface area contributed by atoms with Crippen LogP contribution >= 0.6 is 23.6 Å².